The number of nitrogens with zero attached hydrogens (tertiary/aromatic N) is 2. The summed E-state index contributed by atoms with van der Waals surface area (Å²) in [6, 6.07) is 6.56. The number of hydrogen-bond acceptors (Lipinski definition) is 3. The quantitative estimate of drug-likeness (QED) is 0.778. The van der Waals surface area contributed by atoms with Crippen molar-refractivity contribution in [2.75, 3.05) is 17.1 Å². The molecule has 0 aromatic heterocycles. The Labute approximate surface area is 87.6 Å². The lowest BCUT2D eigenvalue weighted by molar-refractivity contribution is 0.597. The van der Waals surface area contributed by atoms with Gasteiger partial charge in [-0.3, -0.25) is 4.31 Å². The molecule has 0 heterocycles. The Balaban J connectivity index is 3.00. The maximum absolute atomic E-state index is 12.6. The van der Waals surface area contributed by atoms with Gasteiger partial charge in [0.1, 0.15) is 5.82 Å². The zero-order chi connectivity index (χ0) is 11.5. The van der Waals surface area contributed by atoms with Crippen molar-refractivity contribution in [2.45, 2.75) is 0 Å². The van der Waals surface area contributed by atoms with Gasteiger partial charge < -0.3 is 0 Å². The summed E-state index contributed by atoms with van der Waals surface area (Å²) in [5.41, 5.74) is 0.326. The van der Waals surface area contributed by atoms with E-state index in [-0.39, 0.29) is 0 Å². The van der Waals surface area contributed by atoms with Gasteiger partial charge in [0.15, 0.2) is 5.75 Å². The molecule has 1 rings (SSSR count). The first-order chi connectivity index (χ1) is 6.97. The topological polar surface area (TPSA) is 61.2 Å². The first-order valence-electron chi connectivity index (χ1n) is 4.06. The summed E-state index contributed by atoms with van der Waals surface area (Å²) in [5.74, 6) is -1.04. The number of benzene rings is 1. The van der Waals surface area contributed by atoms with Crippen LogP contribution < -0.4 is 4.31 Å². The molecule has 0 unspecified atom stereocenters. The van der Waals surface area contributed by atoms with E-state index in [1.165, 1.54) is 19.2 Å². The molecule has 0 amide bonds. The van der Waals surface area contributed by atoms with Gasteiger partial charge in [-0.25, -0.2) is 12.8 Å². The third-order valence-corrected chi connectivity index (χ3v) is 3.39. The molecule has 0 bridgehead atoms. The second kappa shape index (κ2) is 4.28. The molecular weight excluding hydrogens is 219 g/mol. The van der Waals surface area contributed by atoms with Crippen LogP contribution >= 0.6 is 0 Å². The predicted molar refractivity (Wildman–Crippen MR) is 54.2 cm³/mol. The molecule has 0 aliphatic rings. The fourth-order valence-electron chi connectivity index (χ4n) is 0.990. The molecular formula is C9H9FN2O2S. The van der Waals surface area contributed by atoms with Gasteiger partial charge in [-0.15, -0.1) is 0 Å². The third-order valence-electron chi connectivity index (χ3n) is 1.85. The maximum atomic E-state index is 12.6. The second-order valence-electron chi connectivity index (χ2n) is 2.86. The molecule has 0 radical (unpaired) electrons. The van der Waals surface area contributed by atoms with Crippen molar-refractivity contribution in [3.8, 4) is 6.07 Å². The fraction of sp³-hybridized carbons (Fsp3) is 0.222. The van der Waals surface area contributed by atoms with Crippen LogP contribution in [0.25, 0.3) is 0 Å². The molecule has 0 aliphatic heterocycles. The molecule has 4 nitrogen and oxygen atoms in total. The maximum Gasteiger partial charge on any atom is 0.248 e. The lowest BCUT2D eigenvalue weighted by atomic mass is 10.3. The van der Waals surface area contributed by atoms with Crippen LogP contribution in [0.5, 0.6) is 0 Å². The van der Waals surface area contributed by atoms with Crippen molar-refractivity contribution >= 4 is 15.7 Å². The number of anilines is 1. The molecule has 0 saturated carbocycles. The van der Waals surface area contributed by atoms with Crippen molar-refractivity contribution in [2.24, 2.45) is 0 Å². The zero-order valence-electron chi connectivity index (χ0n) is 8.01. The van der Waals surface area contributed by atoms with Crippen molar-refractivity contribution in [3.63, 3.8) is 0 Å². The molecule has 0 fully saturated rings. The van der Waals surface area contributed by atoms with Crippen LogP contribution in [0.2, 0.25) is 0 Å². The smallest absolute Gasteiger partial charge is 0.248 e. The van der Waals surface area contributed by atoms with Gasteiger partial charge >= 0.3 is 0 Å². The number of nitriles is 1. The van der Waals surface area contributed by atoms with Crippen molar-refractivity contribution in [1.29, 1.82) is 5.26 Å². The molecule has 0 N–H and O–H groups in total. The normalized spacial score (nSPS) is 10.7. The first-order valence-corrected chi connectivity index (χ1v) is 5.67. The van der Waals surface area contributed by atoms with Gasteiger partial charge in [0.05, 0.1) is 11.8 Å². The molecule has 6 heteroatoms. The highest BCUT2D eigenvalue weighted by atomic mass is 32.2. The Bertz CT molecular complexity index is 476. The Morgan fingerprint density at radius 3 is 2.40 bits per heavy atom. The van der Waals surface area contributed by atoms with Crippen LogP contribution in [-0.4, -0.2) is 21.2 Å². The van der Waals surface area contributed by atoms with Crippen LogP contribution in [0.15, 0.2) is 24.3 Å². The minimum absolute atomic E-state index is 0.326. The van der Waals surface area contributed by atoms with Gasteiger partial charge in [-0.1, -0.05) is 0 Å². The summed E-state index contributed by atoms with van der Waals surface area (Å²) >= 11 is 0. The van der Waals surface area contributed by atoms with Gasteiger partial charge in [0.2, 0.25) is 10.0 Å². The van der Waals surface area contributed by atoms with E-state index in [0.29, 0.717) is 5.69 Å². The molecule has 1 aromatic carbocycles. The van der Waals surface area contributed by atoms with Gasteiger partial charge in [-0.05, 0) is 24.3 Å². The van der Waals surface area contributed by atoms with Gasteiger partial charge in [0, 0.05) is 7.05 Å². The lowest BCUT2D eigenvalue weighted by Crippen LogP contribution is -2.28. The van der Waals surface area contributed by atoms with Crippen LogP contribution in [0.1, 0.15) is 0 Å². The lowest BCUT2D eigenvalue weighted by Gasteiger charge is -2.17. The minimum Gasteiger partial charge on any atom is -0.272 e. The minimum atomic E-state index is -3.63. The summed E-state index contributed by atoms with van der Waals surface area (Å²) in [7, 11) is -2.31. The number of halogens is 1. The van der Waals surface area contributed by atoms with Crippen LogP contribution in [0.4, 0.5) is 10.1 Å². The van der Waals surface area contributed by atoms with E-state index in [1.807, 2.05) is 0 Å². The first kappa shape index (κ1) is 11.5. The highest BCUT2D eigenvalue weighted by Gasteiger charge is 2.17. The number of rotatable bonds is 3. The predicted octanol–water partition coefficient (Wildman–Crippen LogP) is 1.12. The van der Waals surface area contributed by atoms with E-state index in [0.717, 1.165) is 16.4 Å². The summed E-state index contributed by atoms with van der Waals surface area (Å²) in [4.78, 5) is 0. The van der Waals surface area contributed by atoms with Gasteiger partial charge in [0.25, 0.3) is 0 Å². The van der Waals surface area contributed by atoms with Crippen LogP contribution in [0, 0.1) is 17.1 Å². The van der Waals surface area contributed by atoms with Crippen LogP contribution in [0.3, 0.4) is 0 Å². The Hall–Kier alpha value is -1.61. The Morgan fingerprint density at radius 2 is 1.93 bits per heavy atom. The highest BCUT2D eigenvalue weighted by Crippen LogP contribution is 2.16. The summed E-state index contributed by atoms with van der Waals surface area (Å²) in [5, 5.41) is 8.33. The molecule has 80 valence electrons. The van der Waals surface area contributed by atoms with E-state index >= 15 is 0 Å². The SMILES string of the molecule is CN(c1ccc(F)cc1)S(=O)(=O)CC#N. The largest absolute Gasteiger partial charge is 0.272 e. The van der Waals surface area contributed by atoms with Crippen LogP contribution in [-0.2, 0) is 10.0 Å². The zero-order valence-corrected chi connectivity index (χ0v) is 8.83. The Kier molecular flexibility index (Phi) is 3.27. The van der Waals surface area contributed by atoms with E-state index < -0.39 is 21.6 Å². The Morgan fingerprint density at radius 1 is 1.40 bits per heavy atom. The summed E-state index contributed by atoms with van der Waals surface area (Å²) in [6.07, 6.45) is 0. The third kappa shape index (κ3) is 2.67. The van der Waals surface area contributed by atoms with Crippen molar-refractivity contribution in [3.05, 3.63) is 30.1 Å². The fourth-order valence-corrected chi connectivity index (χ4v) is 1.79. The molecule has 0 spiro atoms. The molecule has 0 atom stereocenters. The number of sulfonamides is 1. The monoisotopic (exact) mass is 228 g/mol. The second-order valence-corrected chi connectivity index (χ2v) is 4.86. The molecule has 15 heavy (non-hydrogen) atoms. The number of hydrogen-bond donors (Lipinski definition) is 0. The average molecular weight is 228 g/mol. The van der Waals surface area contributed by atoms with E-state index in [1.54, 1.807) is 6.07 Å². The summed E-state index contributed by atoms with van der Waals surface area (Å²) in [6.45, 7) is 0. The average Bonchev–Trinajstić information content (AvgIpc) is 2.18. The van der Waals surface area contributed by atoms with Crippen molar-refractivity contribution in [1.82, 2.24) is 0 Å². The van der Waals surface area contributed by atoms with E-state index in [4.69, 9.17) is 5.26 Å². The van der Waals surface area contributed by atoms with Gasteiger partial charge in [-0.2, -0.15) is 5.26 Å². The highest BCUT2D eigenvalue weighted by molar-refractivity contribution is 7.92. The summed E-state index contributed by atoms with van der Waals surface area (Å²) < 4.78 is 36.4. The molecule has 0 saturated heterocycles. The van der Waals surface area contributed by atoms with E-state index in [9.17, 15) is 12.8 Å². The standard InChI is InChI=1S/C9H9FN2O2S/c1-12(15(13,14)7-6-11)9-4-2-8(10)3-5-9/h2-5H,7H2,1H3. The molecule has 0 aliphatic carbocycles. The van der Waals surface area contributed by atoms with Crippen molar-refractivity contribution < 1.29 is 12.8 Å². The van der Waals surface area contributed by atoms with E-state index in [2.05, 4.69) is 0 Å². The molecule has 1 aromatic rings.